The standard InChI is InChI=1S/C14H13BrFNO/c1-9-4-11(8-17-7-9)14(18)6-10-5-12(16)2-3-13(10)15/h2-5,7-8,14,18H,6H2,1H3. The van der Waals surface area contributed by atoms with E-state index in [9.17, 15) is 9.50 Å². The Bertz CT molecular complexity index is 559. The molecule has 1 atom stereocenters. The molecule has 0 amide bonds. The Hall–Kier alpha value is -1.26. The number of hydrogen-bond donors (Lipinski definition) is 1. The van der Waals surface area contributed by atoms with E-state index in [-0.39, 0.29) is 5.82 Å². The molecule has 1 unspecified atom stereocenters. The summed E-state index contributed by atoms with van der Waals surface area (Å²) in [6.07, 6.45) is 3.03. The fraction of sp³-hybridized carbons (Fsp3) is 0.214. The van der Waals surface area contributed by atoms with Crippen molar-refractivity contribution >= 4 is 15.9 Å². The second kappa shape index (κ2) is 5.59. The molecule has 4 heteroatoms. The largest absolute Gasteiger partial charge is 0.388 e. The molecule has 2 nitrogen and oxygen atoms in total. The molecule has 0 saturated carbocycles. The smallest absolute Gasteiger partial charge is 0.123 e. The lowest BCUT2D eigenvalue weighted by atomic mass is 10.0. The first-order valence-corrected chi connectivity index (χ1v) is 6.39. The first-order valence-electron chi connectivity index (χ1n) is 5.60. The zero-order valence-corrected chi connectivity index (χ0v) is 11.5. The number of aromatic nitrogens is 1. The van der Waals surface area contributed by atoms with Crippen molar-refractivity contribution in [3.8, 4) is 0 Å². The van der Waals surface area contributed by atoms with Crippen LogP contribution in [-0.2, 0) is 6.42 Å². The Morgan fingerprint density at radius 1 is 1.33 bits per heavy atom. The van der Waals surface area contributed by atoms with Crippen molar-refractivity contribution in [2.75, 3.05) is 0 Å². The summed E-state index contributed by atoms with van der Waals surface area (Å²) in [6.45, 7) is 1.92. The number of halogens is 2. The Kier molecular flexibility index (Phi) is 4.09. The molecule has 0 aliphatic heterocycles. The van der Waals surface area contributed by atoms with E-state index in [4.69, 9.17) is 0 Å². The maximum absolute atomic E-state index is 13.1. The lowest BCUT2D eigenvalue weighted by molar-refractivity contribution is 0.177. The van der Waals surface area contributed by atoms with Gasteiger partial charge in [0.15, 0.2) is 0 Å². The lowest BCUT2D eigenvalue weighted by Crippen LogP contribution is -2.03. The average Bonchev–Trinajstić information content (AvgIpc) is 2.34. The third-order valence-electron chi connectivity index (χ3n) is 2.70. The minimum atomic E-state index is -0.685. The number of benzene rings is 1. The second-order valence-corrected chi connectivity index (χ2v) is 5.11. The van der Waals surface area contributed by atoms with Gasteiger partial charge in [-0.15, -0.1) is 0 Å². The summed E-state index contributed by atoms with van der Waals surface area (Å²) in [7, 11) is 0. The third kappa shape index (κ3) is 3.15. The molecule has 0 aliphatic rings. The fourth-order valence-corrected chi connectivity index (χ4v) is 2.19. The van der Waals surface area contributed by atoms with Gasteiger partial charge in [-0.1, -0.05) is 22.0 Å². The van der Waals surface area contributed by atoms with Gasteiger partial charge in [0.2, 0.25) is 0 Å². The molecule has 0 radical (unpaired) electrons. The topological polar surface area (TPSA) is 33.1 Å². The molecule has 2 rings (SSSR count). The molecule has 0 spiro atoms. The summed E-state index contributed by atoms with van der Waals surface area (Å²) in [6, 6.07) is 6.33. The van der Waals surface area contributed by atoms with Gasteiger partial charge in [-0.2, -0.15) is 0 Å². The van der Waals surface area contributed by atoms with Crippen LogP contribution in [0.25, 0.3) is 0 Å². The number of nitrogens with zero attached hydrogens (tertiary/aromatic N) is 1. The van der Waals surface area contributed by atoms with Crippen molar-refractivity contribution in [1.29, 1.82) is 0 Å². The Balaban J connectivity index is 2.21. The average molecular weight is 310 g/mol. The second-order valence-electron chi connectivity index (χ2n) is 4.25. The molecule has 2 aromatic rings. The predicted octanol–water partition coefficient (Wildman–Crippen LogP) is 3.57. The van der Waals surface area contributed by atoms with E-state index in [1.165, 1.54) is 12.1 Å². The summed E-state index contributed by atoms with van der Waals surface area (Å²) in [5.74, 6) is -0.303. The van der Waals surface area contributed by atoms with E-state index in [0.717, 1.165) is 21.2 Å². The van der Waals surface area contributed by atoms with Crippen LogP contribution in [0.15, 0.2) is 41.1 Å². The molecular formula is C14H13BrFNO. The van der Waals surface area contributed by atoms with Crippen molar-refractivity contribution in [2.45, 2.75) is 19.4 Å². The van der Waals surface area contributed by atoms with Crippen LogP contribution in [0.1, 0.15) is 22.8 Å². The van der Waals surface area contributed by atoms with E-state index < -0.39 is 6.10 Å². The number of hydrogen-bond acceptors (Lipinski definition) is 2. The highest BCUT2D eigenvalue weighted by molar-refractivity contribution is 9.10. The van der Waals surface area contributed by atoms with Gasteiger partial charge in [0, 0.05) is 23.3 Å². The normalized spacial score (nSPS) is 12.4. The van der Waals surface area contributed by atoms with Gasteiger partial charge in [-0.3, -0.25) is 4.98 Å². The zero-order chi connectivity index (χ0) is 13.1. The molecule has 1 N–H and O–H groups in total. The van der Waals surface area contributed by atoms with Crippen molar-refractivity contribution in [3.63, 3.8) is 0 Å². The highest BCUT2D eigenvalue weighted by atomic mass is 79.9. The molecule has 18 heavy (non-hydrogen) atoms. The number of rotatable bonds is 3. The highest BCUT2D eigenvalue weighted by Crippen LogP contribution is 2.24. The quantitative estimate of drug-likeness (QED) is 0.940. The third-order valence-corrected chi connectivity index (χ3v) is 3.48. The van der Waals surface area contributed by atoms with Crippen molar-refractivity contribution in [2.24, 2.45) is 0 Å². The molecule has 94 valence electrons. The van der Waals surface area contributed by atoms with Crippen LogP contribution in [0.4, 0.5) is 4.39 Å². The van der Waals surface area contributed by atoms with Crippen molar-refractivity contribution in [3.05, 3.63) is 63.6 Å². The molecule has 0 fully saturated rings. The van der Waals surface area contributed by atoms with Gasteiger partial charge in [0.1, 0.15) is 5.82 Å². The summed E-state index contributed by atoms with van der Waals surface area (Å²) < 4.78 is 13.9. The van der Waals surface area contributed by atoms with Crippen LogP contribution in [-0.4, -0.2) is 10.1 Å². The first kappa shape index (κ1) is 13.2. The van der Waals surface area contributed by atoms with E-state index >= 15 is 0 Å². The minimum Gasteiger partial charge on any atom is -0.388 e. The Labute approximate surface area is 114 Å². The van der Waals surface area contributed by atoms with Gasteiger partial charge in [0.05, 0.1) is 6.10 Å². The highest BCUT2D eigenvalue weighted by Gasteiger charge is 2.12. The zero-order valence-electron chi connectivity index (χ0n) is 9.90. The van der Waals surface area contributed by atoms with Crippen LogP contribution in [0.5, 0.6) is 0 Å². The number of aliphatic hydroxyl groups is 1. The number of aliphatic hydroxyl groups excluding tert-OH is 1. The van der Waals surface area contributed by atoms with Crippen LogP contribution >= 0.6 is 15.9 Å². The predicted molar refractivity (Wildman–Crippen MR) is 71.7 cm³/mol. The van der Waals surface area contributed by atoms with Crippen LogP contribution in [0.3, 0.4) is 0 Å². The minimum absolute atomic E-state index is 0.303. The summed E-state index contributed by atoms with van der Waals surface area (Å²) >= 11 is 3.35. The van der Waals surface area contributed by atoms with Crippen LogP contribution in [0, 0.1) is 12.7 Å². The van der Waals surface area contributed by atoms with Gasteiger partial charge in [0.25, 0.3) is 0 Å². The Morgan fingerprint density at radius 3 is 2.83 bits per heavy atom. The van der Waals surface area contributed by atoms with Crippen LogP contribution < -0.4 is 0 Å². The monoisotopic (exact) mass is 309 g/mol. The van der Waals surface area contributed by atoms with Gasteiger partial charge in [-0.05, 0) is 41.8 Å². The fourth-order valence-electron chi connectivity index (χ4n) is 1.79. The summed E-state index contributed by atoms with van der Waals surface area (Å²) in [5, 5.41) is 10.1. The molecule has 1 heterocycles. The van der Waals surface area contributed by atoms with E-state index in [1.807, 2.05) is 13.0 Å². The summed E-state index contributed by atoms with van der Waals surface area (Å²) in [5.41, 5.74) is 2.47. The van der Waals surface area contributed by atoms with E-state index in [0.29, 0.717) is 6.42 Å². The lowest BCUT2D eigenvalue weighted by Gasteiger charge is -2.12. The van der Waals surface area contributed by atoms with Crippen molar-refractivity contribution in [1.82, 2.24) is 4.98 Å². The molecule has 0 bridgehead atoms. The number of aryl methyl sites for hydroxylation is 1. The molecule has 0 aliphatic carbocycles. The first-order chi connectivity index (χ1) is 8.56. The molecule has 0 saturated heterocycles. The molecule has 1 aromatic carbocycles. The Morgan fingerprint density at radius 2 is 2.11 bits per heavy atom. The van der Waals surface area contributed by atoms with Gasteiger partial charge >= 0.3 is 0 Å². The SMILES string of the molecule is Cc1cncc(C(O)Cc2cc(F)ccc2Br)c1. The molecule has 1 aromatic heterocycles. The van der Waals surface area contributed by atoms with Crippen LogP contribution in [0.2, 0.25) is 0 Å². The maximum atomic E-state index is 13.1. The van der Waals surface area contributed by atoms with E-state index in [2.05, 4.69) is 20.9 Å². The summed E-state index contributed by atoms with van der Waals surface area (Å²) in [4.78, 5) is 4.04. The number of pyridine rings is 1. The van der Waals surface area contributed by atoms with Gasteiger partial charge < -0.3 is 5.11 Å². The van der Waals surface area contributed by atoms with E-state index in [1.54, 1.807) is 18.5 Å². The maximum Gasteiger partial charge on any atom is 0.123 e. The van der Waals surface area contributed by atoms with Crippen molar-refractivity contribution < 1.29 is 9.50 Å². The molecular weight excluding hydrogens is 297 g/mol. The van der Waals surface area contributed by atoms with Gasteiger partial charge in [-0.25, -0.2) is 4.39 Å².